The van der Waals surface area contributed by atoms with Crippen molar-refractivity contribution < 1.29 is 13.6 Å². The Bertz CT molecular complexity index is 730. The van der Waals surface area contributed by atoms with Gasteiger partial charge in [-0.2, -0.15) is 13.9 Å². The van der Waals surface area contributed by atoms with Gasteiger partial charge in [-0.25, -0.2) is 0 Å². The second kappa shape index (κ2) is 6.70. The van der Waals surface area contributed by atoms with Crippen LogP contribution in [-0.4, -0.2) is 21.4 Å². The second-order valence-corrected chi connectivity index (χ2v) is 6.44. The summed E-state index contributed by atoms with van der Waals surface area (Å²) in [6.07, 6.45) is 3.05. The zero-order valence-electron chi connectivity index (χ0n) is 12.7. The third-order valence-corrected chi connectivity index (χ3v) is 4.75. The van der Waals surface area contributed by atoms with Gasteiger partial charge < -0.3 is 5.32 Å². The van der Waals surface area contributed by atoms with Crippen LogP contribution in [0.15, 0.2) is 29.2 Å². The van der Waals surface area contributed by atoms with E-state index in [4.69, 9.17) is 0 Å². The monoisotopic (exact) mass is 337 g/mol. The molecular formula is C16H17F2N3OS. The molecule has 0 saturated heterocycles. The van der Waals surface area contributed by atoms with E-state index in [9.17, 15) is 13.6 Å². The van der Waals surface area contributed by atoms with Crippen LogP contribution < -0.4 is 5.32 Å². The molecular weight excluding hydrogens is 320 g/mol. The number of amides is 1. The van der Waals surface area contributed by atoms with Crippen molar-refractivity contribution >= 4 is 17.7 Å². The Hall–Kier alpha value is -1.89. The molecule has 2 aromatic rings. The van der Waals surface area contributed by atoms with E-state index in [1.54, 1.807) is 22.9 Å². The van der Waals surface area contributed by atoms with Crippen LogP contribution >= 0.6 is 11.8 Å². The third kappa shape index (κ3) is 3.39. The fraction of sp³-hybridized carbons (Fsp3) is 0.375. The van der Waals surface area contributed by atoms with Gasteiger partial charge in [0.25, 0.3) is 11.7 Å². The molecule has 1 aromatic heterocycles. The number of alkyl halides is 2. The number of nitrogens with zero attached hydrogens (tertiary/aromatic N) is 2. The minimum Gasteiger partial charge on any atom is -0.346 e. The minimum absolute atomic E-state index is 0.275. The zero-order valence-corrected chi connectivity index (χ0v) is 13.5. The second-order valence-electron chi connectivity index (χ2n) is 5.41. The van der Waals surface area contributed by atoms with Gasteiger partial charge in [0, 0.05) is 11.9 Å². The molecule has 0 spiro atoms. The molecule has 7 heteroatoms. The number of rotatable bonds is 5. The van der Waals surface area contributed by atoms with E-state index in [1.807, 2.05) is 7.05 Å². The quantitative estimate of drug-likeness (QED) is 0.853. The molecule has 122 valence electrons. The van der Waals surface area contributed by atoms with Crippen LogP contribution in [0.5, 0.6) is 0 Å². The van der Waals surface area contributed by atoms with E-state index < -0.39 is 5.76 Å². The third-order valence-electron chi connectivity index (χ3n) is 3.96. The standard InChI is InChI=1S/C16H17F2N3OS/c1-21-13(10-6-4-7-12(10)20-21)9-19-15(22)11-5-2-3-8-14(11)23-16(17)18/h2-3,5,8,16H,4,6-7,9H2,1H3,(H,19,22). The van der Waals surface area contributed by atoms with Crippen LogP contribution in [0.1, 0.15) is 33.7 Å². The molecule has 1 N–H and O–H groups in total. The normalized spacial score (nSPS) is 13.4. The summed E-state index contributed by atoms with van der Waals surface area (Å²) in [5.74, 6) is -2.90. The van der Waals surface area contributed by atoms with E-state index in [1.165, 1.54) is 11.6 Å². The van der Waals surface area contributed by atoms with E-state index in [0.29, 0.717) is 18.3 Å². The SMILES string of the molecule is Cn1nc2c(c1CNC(=O)c1ccccc1SC(F)F)CCC2. The summed E-state index contributed by atoms with van der Waals surface area (Å²) in [7, 11) is 1.86. The van der Waals surface area contributed by atoms with Crippen LogP contribution in [0.4, 0.5) is 8.78 Å². The summed E-state index contributed by atoms with van der Waals surface area (Å²) < 4.78 is 27.0. The number of fused-ring (bicyclic) bond motifs is 1. The van der Waals surface area contributed by atoms with Crippen molar-refractivity contribution in [3.63, 3.8) is 0 Å². The molecule has 3 rings (SSSR count). The molecule has 1 amide bonds. The lowest BCUT2D eigenvalue weighted by Gasteiger charge is -2.10. The highest BCUT2D eigenvalue weighted by Gasteiger charge is 2.21. The van der Waals surface area contributed by atoms with Gasteiger partial charge in [0.1, 0.15) is 0 Å². The van der Waals surface area contributed by atoms with E-state index >= 15 is 0 Å². The number of halogens is 2. The molecule has 0 unspecified atom stereocenters. The van der Waals surface area contributed by atoms with Crippen LogP contribution in [0.2, 0.25) is 0 Å². The summed E-state index contributed by atoms with van der Waals surface area (Å²) in [4.78, 5) is 12.6. The van der Waals surface area contributed by atoms with Crippen molar-refractivity contribution in [1.29, 1.82) is 0 Å². The number of carbonyl (C=O) groups excluding carboxylic acids is 1. The van der Waals surface area contributed by atoms with E-state index in [2.05, 4.69) is 10.4 Å². The van der Waals surface area contributed by atoms with Crippen molar-refractivity contribution in [1.82, 2.24) is 15.1 Å². The largest absolute Gasteiger partial charge is 0.346 e. The molecule has 0 radical (unpaired) electrons. The Balaban J connectivity index is 1.73. The summed E-state index contributed by atoms with van der Waals surface area (Å²) in [5.41, 5.74) is 3.58. The number of hydrogen-bond donors (Lipinski definition) is 1. The van der Waals surface area contributed by atoms with Crippen molar-refractivity contribution in [2.24, 2.45) is 7.05 Å². The molecule has 0 fully saturated rings. The topological polar surface area (TPSA) is 46.9 Å². The summed E-state index contributed by atoms with van der Waals surface area (Å²) in [5, 5.41) is 7.29. The number of aromatic nitrogens is 2. The molecule has 1 aromatic carbocycles. The Morgan fingerprint density at radius 2 is 2.17 bits per heavy atom. The van der Waals surface area contributed by atoms with Crippen LogP contribution in [0.25, 0.3) is 0 Å². The molecule has 1 aliphatic carbocycles. The Morgan fingerprint density at radius 3 is 2.96 bits per heavy atom. The highest BCUT2D eigenvalue weighted by Crippen LogP contribution is 2.28. The summed E-state index contributed by atoms with van der Waals surface area (Å²) in [6, 6.07) is 6.42. The lowest BCUT2D eigenvalue weighted by Crippen LogP contribution is -2.25. The molecule has 0 atom stereocenters. The Labute approximate surface area is 137 Å². The molecule has 4 nitrogen and oxygen atoms in total. The lowest BCUT2D eigenvalue weighted by atomic mass is 10.2. The first-order valence-electron chi connectivity index (χ1n) is 7.42. The first kappa shape index (κ1) is 16.0. The van der Waals surface area contributed by atoms with Gasteiger partial charge in [0.2, 0.25) is 0 Å². The lowest BCUT2D eigenvalue weighted by molar-refractivity contribution is 0.0947. The van der Waals surface area contributed by atoms with Crippen molar-refractivity contribution in [3.8, 4) is 0 Å². The van der Waals surface area contributed by atoms with Gasteiger partial charge in [0.15, 0.2) is 0 Å². The van der Waals surface area contributed by atoms with Gasteiger partial charge in [-0.15, -0.1) is 0 Å². The number of carbonyl (C=O) groups is 1. The molecule has 0 saturated carbocycles. The zero-order chi connectivity index (χ0) is 16.4. The van der Waals surface area contributed by atoms with Crippen LogP contribution in [0.3, 0.4) is 0 Å². The predicted octanol–water partition coefficient (Wildman–Crippen LogP) is 3.15. The highest BCUT2D eigenvalue weighted by molar-refractivity contribution is 7.99. The predicted molar refractivity (Wildman–Crippen MR) is 84.7 cm³/mol. The first-order chi connectivity index (χ1) is 11.1. The summed E-state index contributed by atoms with van der Waals surface area (Å²) in [6.45, 7) is 0.353. The fourth-order valence-electron chi connectivity index (χ4n) is 2.92. The molecule has 23 heavy (non-hydrogen) atoms. The number of aryl methyl sites for hydroxylation is 2. The maximum atomic E-state index is 12.6. The maximum Gasteiger partial charge on any atom is 0.288 e. The number of nitrogens with one attached hydrogen (secondary N) is 1. The van der Waals surface area contributed by atoms with Gasteiger partial charge in [0.05, 0.1) is 23.5 Å². The van der Waals surface area contributed by atoms with Gasteiger partial charge >= 0.3 is 0 Å². The number of hydrogen-bond acceptors (Lipinski definition) is 3. The number of benzene rings is 1. The van der Waals surface area contributed by atoms with Crippen molar-refractivity contribution in [3.05, 3.63) is 46.8 Å². The average Bonchev–Trinajstić information content (AvgIpc) is 3.05. The smallest absolute Gasteiger partial charge is 0.288 e. The fourth-order valence-corrected chi connectivity index (χ4v) is 3.56. The van der Waals surface area contributed by atoms with Crippen LogP contribution in [-0.2, 0) is 26.4 Å². The molecule has 0 aliphatic heterocycles. The average molecular weight is 337 g/mol. The van der Waals surface area contributed by atoms with E-state index in [-0.39, 0.29) is 16.4 Å². The maximum absolute atomic E-state index is 12.6. The van der Waals surface area contributed by atoms with Crippen molar-refractivity contribution in [2.45, 2.75) is 36.5 Å². The van der Waals surface area contributed by atoms with Gasteiger partial charge in [-0.05, 0) is 37.0 Å². The van der Waals surface area contributed by atoms with E-state index in [0.717, 1.165) is 30.7 Å². The molecule has 1 heterocycles. The first-order valence-corrected chi connectivity index (χ1v) is 8.30. The van der Waals surface area contributed by atoms with Crippen LogP contribution in [0, 0.1) is 0 Å². The molecule has 1 aliphatic rings. The van der Waals surface area contributed by atoms with Gasteiger partial charge in [-0.1, -0.05) is 23.9 Å². The Morgan fingerprint density at radius 1 is 1.39 bits per heavy atom. The van der Waals surface area contributed by atoms with Gasteiger partial charge in [-0.3, -0.25) is 9.48 Å². The van der Waals surface area contributed by atoms with Crippen molar-refractivity contribution in [2.75, 3.05) is 0 Å². The molecule has 0 bridgehead atoms. The minimum atomic E-state index is -2.55. The Kier molecular flexibility index (Phi) is 4.66. The summed E-state index contributed by atoms with van der Waals surface area (Å²) >= 11 is 0.388. The number of thioether (sulfide) groups is 1. The highest BCUT2D eigenvalue weighted by atomic mass is 32.2.